The topological polar surface area (TPSA) is 106 Å². The van der Waals surface area contributed by atoms with E-state index in [1.54, 1.807) is 25.2 Å². The van der Waals surface area contributed by atoms with E-state index in [1.807, 2.05) is 24.4 Å². The number of benzene rings is 1. The van der Waals surface area contributed by atoms with Gasteiger partial charge < -0.3 is 14.2 Å². The van der Waals surface area contributed by atoms with Gasteiger partial charge in [-0.25, -0.2) is 8.42 Å². The molecule has 0 aliphatic carbocycles. The first-order chi connectivity index (χ1) is 14.2. The Hall–Kier alpha value is -2.92. The number of ether oxygens (including phenoxy) is 1. The van der Waals surface area contributed by atoms with Crippen molar-refractivity contribution in [3.05, 3.63) is 47.2 Å². The Morgan fingerprint density at radius 3 is 2.87 bits per heavy atom. The molecule has 1 atom stereocenters. The summed E-state index contributed by atoms with van der Waals surface area (Å²) in [4.78, 5) is 19.5. The number of hydrogen-bond donors (Lipinski definition) is 0. The van der Waals surface area contributed by atoms with Crippen molar-refractivity contribution in [1.82, 2.24) is 15.0 Å². The number of aromatic nitrogens is 2. The van der Waals surface area contributed by atoms with Crippen molar-refractivity contribution >= 4 is 33.0 Å². The van der Waals surface area contributed by atoms with Crippen molar-refractivity contribution in [1.29, 1.82) is 0 Å². The van der Waals surface area contributed by atoms with Crippen LogP contribution in [-0.4, -0.2) is 55.3 Å². The first-order valence-electron chi connectivity index (χ1n) is 9.09. The lowest BCUT2D eigenvalue weighted by Crippen LogP contribution is -2.50. The third kappa shape index (κ3) is 4.03. The Morgan fingerprint density at radius 1 is 1.37 bits per heavy atom. The lowest BCUT2D eigenvalue weighted by Gasteiger charge is -2.35. The molecule has 1 aromatic carbocycles. The minimum absolute atomic E-state index is 0.0801. The SMILES string of the molecule is Cc1ccc2c(c1)N(S(C)(=O)=O)CC(C(=O)N(C)Cc1nc(-c3cccs3)no1)O2. The number of fused-ring (bicyclic) bond motifs is 1. The fourth-order valence-electron chi connectivity index (χ4n) is 3.16. The second-order valence-corrected chi connectivity index (χ2v) is 9.91. The minimum Gasteiger partial charge on any atom is -0.476 e. The van der Waals surface area contributed by atoms with Crippen LogP contribution in [0.15, 0.2) is 40.2 Å². The summed E-state index contributed by atoms with van der Waals surface area (Å²) in [6.45, 7) is 1.83. The van der Waals surface area contributed by atoms with Gasteiger partial charge in [-0.2, -0.15) is 4.98 Å². The Morgan fingerprint density at radius 2 is 2.17 bits per heavy atom. The number of amides is 1. The predicted octanol–water partition coefficient (Wildman–Crippen LogP) is 2.29. The van der Waals surface area contributed by atoms with Crippen LogP contribution in [0.2, 0.25) is 0 Å². The number of carbonyl (C=O) groups excluding carboxylic acids is 1. The molecule has 11 heteroatoms. The van der Waals surface area contributed by atoms with Crippen molar-refractivity contribution in [3.8, 4) is 16.5 Å². The summed E-state index contributed by atoms with van der Waals surface area (Å²) in [6.07, 6.45) is 0.125. The van der Waals surface area contributed by atoms with Crippen LogP contribution in [0, 0.1) is 6.92 Å². The molecule has 0 saturated heterocycles. The van der Waals surface area contributed by atoms with Crippen molar-refractivity contribution in [2.24, 2.45) is 0 Å². The summed E-state index contributed by atoms with van der Waals surface area (Å²) in [6, 6.07) is 8.97. The van der Waals surface area contributed by atoms with Crippen LogP contribution in [0.3, 0.4) is 0 Å². The van der Waals surface area contributed by atoms with Gasteiger partial charge in [0.25, 0.3) is 5.91 Å². The summed E-state index contributed by atoms with van der Waals surface area (Å²) < 4.78 is 36.9. The monoisotopic (exact) mass is 448 g/mol. The summed E-state index contributed by atoms with van der Waals surface area (Å²) in [5, 5.41) is 5.84. The number of hydrogen-bond acceptors (Lipinski definition) is 8. The maximum absolute atomic E-state index is 13.0. The van der Waals surface area contributed by atoms with Crippen LogP contribution >= 0.6 is 11.3 Å². The average Bonchev–Trinajstić information content (AvgIpc) is 3.37. The fourth-order valence-corrected chi connectivity index (χ4v) is 4.71. The number of likely N-dealkylation sites (N-methyl/N-ethyl adjacent to an activating group) is 1. The van der Waals surface area contributed by atoms with Crippen LogP contribution in [0.5, 0.6) is 5.75 Å². The van der Waals surface area contributed by atoms with Crippen molar-refractivity contribution in [2.45, 2.75) is 19.6 Å². The molecule has 1 amide bonds. The van der Waals surface area contributed by atoms with Gasteiger partial charge in [0.1, 0.15) is 5.75 Å². The zero-order chi connectivity index (χ0) is 21.5. The van der Waals surface area contributed by atoms with E-state index >= 15 is 0 Å². The van der Waals surface area contributed by atoms with E-state index in [2.05, 4.69) is 10.1 Å². The molecule has 0 radical (unpaired) electrons. The van der Waals surface area contributed by atoms with Crippen molar-refractivity contribution in [3.63, 3.8) is 0 Å². The highest BCUT2D eigenvalue weighted by Gasteiger charge is 2.36. The number of aryl methyl sites for hydroxylation is 1. The van der Waals surface area contributed by atoms with Crippen LogP contribution in [0.25, 0.3) is 10.7 Å². The van der Waals surface area contributed by atoms with Gasteiger partial charge in [-0.1, -0.05) is 17.3 Å². The van der Waals surface area contributed by atoms with Gasteiger partial charge in [0.2, 0.25) is 21.7 Å². The van der Waals surface area contributed by atoms with Crippen LogP contribution in [0.1, 0.15) is 11.5 Å². The standard InChI is InChI=1S/C19H20N4O5S2/c1-12-6-7-14-13(9-12)23(30(3,25)26)10-15(27-14)19(24)22(2)11-17-20-18(21-28-17)16-5-4-8-29-16/h4-9,15H,10-11H2,1-3H3. The van der Waals surface area contributed by atoms with E-state index in [-0.39, 0.29) is 24.9 Å². The maximum Gasteiger partial charge on any atom is 0.265 e. The number of rotatable bonds is 5. The lowest BCUT2D eigenvalue weighted by molar-refractivity contribution is -0.138. The average molecular weight is 449 g/mol. The first kappa shape index (κ1) is 20.4. The van der Waals surface area contributed by atoms with Crippen LogP contribution < -0.4 is 9.04 Å². The third-order valence-corrected chi connectivity index (χ3v) is 6.63. The van der Waals surface area contributed by atoms with E-state index in [9.17, 15) is 13.2 Å². The number of carbonyl (C=O) groups is 1. The van der Waals surface area contributed by atoms with Gasteiger partial charge in [0.05, 0.1) is 29.9 Å². The first-order valence-corrected chi connectivity index (χ1v) is 11.8. The molecule has 2 aromatic heterocycles. The molecular formula is C19H20N4O5S2. The number of anilines is 1. The van der Waals surface area contributed by atoms with Gasteiger partial charge in [-0.05, 0) is 36.1 Å². The Labute approximate surface area is 177 Å². The predicted molar refractivity (Wildman–Crippen MR) is 112 cm³/mol. The van der Waals surface area contributed by atoms with Gasteiger partial charge >= 0.3 is 0 Å². The van der Waals surface area contributed by atoms with Gasteiger partial charge in [0.15, 0.2) is 6.10 Å². The zero-order valence-corrected chi connectivity index (χ0v) is 18.2. The Kier molecular flexibility index (Phi) is 5.24. The number of nitrogens with zero attached hydrogens (tertiary/aromatic N) is 4. The molecule has 0 N–H and O–H groups in total. The van der Waals surface area contributed by atoms with E-state index in [4.69, 9.17) is 9.26 Å². The van der Waals surface area contributed by atoms with Crippen LogP contribution in [-0.2, 0) is 21.4 Å². The molecule has 0 saturated carbocycles. The minimum atomic E-state index is -3.59. The molecule has 0 spiro atoms. The second kappa shape index (κ2) is 7.73. The summed E-state index contributed by atoms with van der Waals surface area (Å²) in [5.74, 6) is 0.705. The van der Waals surface area contributed by atoms with Gasteiger partial charge in [-0.15, -0.1) is 11.3 Å². The van der Waals surface area contributed by atoms with E-state index in [0.29, 0.717) is 17.3 Å². The molecule has 3 heterocycles. The maximum atomic E-state index is 13.0. The van der Waals surface area contributed by atoms with Crippen LogP contribution in [0.4, 0.5) is 5.69 Å². The number of sulfonamides is 1. The van der Waals surface area contributed by atoms with Crippen molar-refractivity contribution < 1.29 is 22.5 Å². The molecule has 158 valence electrons. The highest BCUT2D eigenvalue weighted by atomic mass is 32.2. The summed E-state index contributed by atoms with van der Waals surface area (Å²) in [5.41, 5.74) is 1.33. The molecule has 3 aromatic rings. The molecule has 9 nitrogen and oxygen atoms in total. The lowest BCUT2D eigenvalue weighted by atomic mass is 10.1. The molecule has 30 heavy (non-hydrogen) atoms. The fraction of sp³-hybridized carbons (Fsp3) is 0.316. The second-order valence-electron chi connectivity index (χ2n) is 7.06. The number of thiophene rings is 1. The largest absolute Gasteiger partial charge is 0.476 e. The third-order valence-electron chi connectivity index (χ3n) is 4.62. The molecule has 0 fully saturated rings. The van der Waals surface area contributed by atoms with Gasteiger partial charge in [0, 0.05) is 7.05 Å². The Bertz CT molecular complexity index is 1170. The highest BCUT2D eigenvalue weighted by molar-refractivity contribution is 7.92. The van der Waals surface area contributed by atoms with E-state index in [0.717, 1.165) is 16.7 Å². The summed E-state index contributed by atoms with van der Waals surface area (Å²) in [7, 11) is -2.01. The molecule has 1 aliphatic heterocycles. The van der Waals surface area contributed by atoms with E-state index < -0.39 is 16.1 Å². The van der Waals surface area contributed by atoms with Gasteiger partial charge in [-0.3, -0.25) is 9.10 Å². The zero-order valence-electron chi connectivity index (χ0n) is 16.6. The molecule has 1 unspecified atom stereocenters. The quantitative estimate of drug-likeness (QED) is 0.590. The Balaban J connectivity index is 1.52. The summed E-state index contributed by atoms with van der Waals surface area (Å²) >= 11 is 1.49. The normalized spacial score (nSPS) is 16.1. The molecule has 1 aliphatic rings. The smallest absolute Gasteiger partial charge is 0.265 e. The molecular weight excluding hydrogens is 428 g/mol. The molecule has 0 bridgehead atoms. The van der Waals surface area contributed by atoms with E-state index in [1.165, 1.54) is 20.5 Å². The van der Waals surface area contributed by atoms with Crippen molar-refractivity contribution in [2.75, 3.05) is 24.2 Å². The highest BCUT2D eigenvalue weighted by Crippen LogP contribution is 2.36. The molecule has 4 rings (SSSR count).